The molecular formula is C21H26Cl2N4O2S. The van der Waals surface area contributed by atoms with Crippen LogP contribution in [-0.2, 0) is 29.5 Å². The first-order valence-electron chi connectivity index (χ1n) is 9.31. The number of nitrogens with one attached hydrogen (secondary N) is 1. The lowest BCUT2D eigenvalue weighted by Gasteiger charge is -2.31. The van der Waals surface area contributed by atoms with Crippen molar-refractivity contribution in [3.63, 3.8) is 0 Å². The van der Waals surface area contributed by atoms with Gasteiger partial charge in [-0.25, -0.2) is 13.4 Å². The van der Waals surface area contributed by atoms with E-state index in [0.29, 0.717) is 26.1 Å². The third-order valence-corrected chi connectivity index (χ3v) is 6.43. The molecule has 0 radical (unpaired) electrons. The maximum atomic E-state index is 12.7. The van der Waals surface area contributed by atoms with Crippen LogP contribution in [0.1, 0.15) is 16.8 Å². The zero-order valence-electron chi connectivity index (χ0n) is 16.6. The average Bonchev–Trinajstić information content (AvgIpc) is 3.13. The van der Waals surface area contributed by atoms with Crippen molar-refractivity contribution in [1.82, 2.24) is 14.3 Å². The van der Waals surface area contributed by atoms with E-state index in [0.717, 1.165) is 22.5 Å². The van der Waals surface area contributed by atoms with Crippen LogP contribution < -0.4 is 4.90 Å². The number of H-pyrrole nitrogens is 1. The summed E-state index contributed by atoms with van der Waals surface area (Å²) in [6, 6.07) is 18.0. The van der Waals surface area contributed by atoms with Gasteiger partial charge in [-0.3, -0.25) is 0 Å². The smallest absolute Gasteiger partial charge is 0.211 e. The number of sulfonamides is 1. The molecule has 1 aliphatic rings. The van der Waals surface area contributed by atoms with E-state index in [1.54, 1.807) is 10.6 Å². The van der Waals surface area contributed by atoms with Gasteiger partial charge in [-0.1, -0.05) is 48.5 Å². The highest BCUT2D eigenvalue weighted by Crippen LogP contribution is 2.30. The molecule has 4 rings (SSSR count). The van der Waals surface area contributed by atoms with E-state index in [-0.39, 0.29) is 30.9 Å². The van der Waals surface area contributed by atoms with Crippen molar-refractivity contribution in [2.24, 2.45) is 0 Å². The lowest BCUT2D eigenvalue weighted by Crippen LogP contribution is -2.45. The fourth-order valence-corrected chi connectivity index (χ4v) is 4.92. The van der Waals surface area contributed by atoms with Gasteiger partial charge in [0.25, 0.3) is 0 Å². The molecule has 1 unspecified atom stereocenters. The fraction of sp³-hybridized carbons (Fsp3) is 0.286. The van der Waals surface area contributed by atoms with E-state index >= 15 is 0 Å². The first kappa shape index (κ1) is 24.2. The molecule has 1 N–H and O–H groups in total. The second kappa shape index (κ2) is 10.3. The number of hydrogen-bond donors (Lipinski definition) is 1. The summed E-state index contributed by atoms with van der Waals surface area (Å²) in [6.45, 7) is 1.64. The molecule has 6 nitrogen and oxygen atoms in total. The molecule has 30 heavy (non-hydrogen) atoms. The number of imidazole rings is 1. The highest BCUT2D eigenvalue weighted by molar-refractivity contribution is 7.88. The minimum absolute atomic E-state index is 0. The molecule has 3 aromatic rings. The molecule has 0 amide bonds. The Morgan fingerprint density at radius 2 is 1.77 bits per heavy atom. The van der Waals surface area contributed by atoms with Gasteiger partial charge in [0.2, 0.25) is 10.0 Å². The van der Waals surface area contributed by atoms with Crippen LogP contribution in [0.5, 0.6) is 0 Å². The van der Waals surface area contributed by atoms with Crippen LogP contribution in [0.2, 0.25) is 0 Å². The second-order valence-electron chi connectivity index (χ2n) is 7.24. The van der Waals surface area contributed by atoms with Gasteiger partial charge in [0, 0.05) is 31.0 Å². The summed E-state index contributed by atoms with van der Waals surface area (Å²) in [7, 11) is -3.36. The summed E-state index contributed by atoms with van der Waals surface area (Å²) in [5.41, 5.74) is 4.22. The SMILES string of the molecule is CS(=O)(=O)N1Cc2ccccc2N(Cc2cnc[nH]2)CC1Cc1ccccc1.Cl.Cl. The molecule has 0 bridgehead atoms. The quantitative estimate of drug-likeness (QED) is 0.620. The van der Waals surface area contributed by atoms with E-state index in [9.17, 15) is 8.42 Å². The van der Waals surface area contributed by atoms with Crippen molar-refractivity contribution in [3.05, 3.63) is 83.9 Å². The summed E-state index contributed by atoms with van der Waals surface area (Å²) in [5, 5.41) is 0. The average molecular weight is 469 g/mol. The van der Waals surface area contributed by atoms with Gasteiger partial charge in [0.15, 0.2) is 0 Å². The van der Waals surface area contributed by atoms with E-state index < -0.39 is 10.0 Å². The Hall–Kier alpha value is -2.06. The molecule has 1 aromatic heterocycles. The maximum absolute atomic E-state index is 12.7. The largest absolute Gasteiger partial charge is 0.364 e. The Balaban J connectivity index is 0.00000160. The number of halogens is 2. The number of hydrogen-bond acceptors (Lipinski definition) is 4. The van der Waals surface area contributed by atoms with Gasteiger partial charge >= 0.3 is 0 Å². The van der Waals surface area contributed by atoms with Crippen LogP contribution in [0.3, 0.4) is 0 Å². The predicted octanol–water partition coefficient (Wildman–Crippen LogP) is 3.65. The van der Waals surface area contributed by atoms with Crippen LogP contribution in [0.15, 0.2) is 67.1 Å². The molecular weight excluding hydrogens is 443 g/mol. The van der Waals surface area contributed by atoms with Crippen LogP contribution in [0.4, 0.5) is 5.69 Å². The lowest BCUT2D eigenvalue weighted by molar-refractivity contribution is 0.320. The van der Waals surface area contributed by atoms with Crippen molar-refractivity contribution < 1.29 is 8.42 Å². The molecule has 0 saturated heterocycles. The van der Waals surface area contributed by atoms with Crippen molar-refractivity contribution in [3.8, 4) is 0 Å². The van der Waals surface area contributed by atoms with Crippen molar-refractivity contribution in [2.45, 2.75) is 25.6 Å². The molecule has 2 aromatic carbocycles. The van der Waals surface area contributed by atoms with Crippen molar-refractivity contribution in [1.29, 1.82) is 0 Å². The molecule has 162 valence electrons. The Morgan fingerprint density at radius 1 is 1.07 bits per heavy atom. The summed E-state index contributed by atoms with van der Waals surface area (Å²) in [6.07, 6.45) is 5.46. The molecule has 0 spiro atoms. The van der Waals surface area contributed by atoms with Gasteiger partial charge in [-0.15, -0.1) is 24.8 Å². The fourth-order valence-electron chi connectivity index (χ4n) is 3.86. The highest BCUT2D eigenvalue weighted by Gasteiger charge is 2.33. The summed E-state index contributed by atoms with van der Waals surface area (Å²) in [4.78, 5) is 9.53. The molecule has 9 heteroatoms. The molecule has 0 saturated carbocycles. The van der Waals surface area contributed by atoms with Gasteiger partial charge in [-0.2, -0.15) is 4.31 Å². The normalized spacial score (nSPS) is 16.7. The summed E-state index contributed by atoms with van der Waals surface area (Å²) in [5.74, 6) is 0. The number of aromatic amines is 1. The molecule has 1 aliphatic heterocycles. The lowest BCUT2D eigenvalue weighted by atomic mass is 10.1. The van der Waals surface area contributed by atoms with Crippen LogP contribution >= 0.6 is 24.8 Å². The third kappa shape index (κ3) is 5.55. The van der Waals surface area contributed by atoms with Gasteiger partial charge < -0.3 is 9.88 Å². The predicted molar refractivity (Wildman–Crippen MR) is 125 cm³/mol. The number of anilines is 1. The standard InChI is InChI=1S/C21H24N4O2S.2ClH/c1-28(26,27)25-13-18-9-5-6-10-21(18)24(14-19-12-22-16-23-19)15-20(25)11-17-7-3-2-4-8-17;;/h2-10,12,16,20H,11,13-15H2,1H3,(H,22,23);2*1H. The number of benzene rings is 2. The van der Waals surface area contributed by atoms with Gasteiger partial charge in [-0.05, 0) is 23.6 Å². The number of para-hydroxylation sites is 1. The number of fused-ring (bicyclic) bond motifs is 1. The molecule has 0 fully saturated rings. The maximum Gasteiger partial charge on any atom is 0.211 e. The van der Waals surface area contributed by atoms with Crippen LogP contribution in [-0.4, -0.2) is 41.5 Å². The summed E-state index contributed by atoms with van der Waals surface area (Å²) >= 11 is 0. The molecule has 0 aliphatic carbocycles. The zero-order valence-corrected chi connectivity index (χ0v) is 19.1. The summed E-state index contributed by atoms with van der Waals surface area (Å²) < 4.78 is 27.0. The number of nitrogens with zero attached hydrogens (tertiary/aromatic N) is 3. The van der Waals surface area contributed by atoms with Gasteiger partial charge in [0.1, 0.15) is 0 Å². The van der Waals surface area contributed by atoms with Crippen LogP contribution in [0, 0.1) is 0 Å². The zero-order chi connectivity index (χ0) is 19.6. The number of rotatable bonds is 5. The Bertz CT molecular complexity index is 1030. The van der Waals surface area contributed by atoms with E-state index in [1.807, 2.05) is 42.6 Å². The monoisotopic (exact) mass is 468 g/mol. The Morgan fingerprint density at radius 3 is 2.43 bits per heavy atom. The first-order valence-corrected chi connectivity index (χ1v) is 11.2. The van der Waals surface area contributed by atoms with Crippen LogP contribution in [0.25, 0.3) is 0 Å². The van der Waals surface area contributed by atoms with E-state index in [2.05, 4.69) is 33.1 Å². The molecule has 2 heterocycles. The van der Waals surface area contributed by atoms with E-state index in [1.165, 1.54) is 6.26 Å². The second-order valence-corrected chi connectivity index (χ2v) is 9.17. The topological polar surface area (TPSA) is 69.3 Å². The Kier molecular flexibility index (Phi) is 8.32. The first-order chi connectivity index (χ1) is 13.5. The van der Waals surface area contributed by atoms with Crippen molar-refractivity contribution >= 4 is 40.5 Å². The van der Waals surface area contributed by atoms with Gasteiger partial charge in [0.05, 0.1) is 24.8 Å². The number of aromatic nitrogens is 2. The minimum atomic E-state index is -3.36. The van der Waals surface area contributed by atoms with Crippen molar-refractivity contribution in [2.75, 3.05) is 17.7 Å². The Labute approximate surface area is 190 Å². The van der Waals surface area contributed by atoms with E-state index in [4.69, 9.17) is 0 Å². The molecule has 1 atom stereocenters. The highest BCUT2D eigenvalue weighted by atomic mass is 35.5. The minimum Gasteiger partial charge on any atom is -0.364 e. The third-order valence-electron chi connectivity index (χ3n) is 5.15.